The molecule has 7 heteroatoms. The molecule has 4 rings (SSSR count). The highest BCUT2D eigenvalue weighted by molar-refractivity contribution is 5.76. The van der Waals surface area contributed by atoms with Gasteiger partial charge in [0, 0.05) is 54.9 Å². The zero-order valence-electron chi connectivity index (χ0n) is 18.6. The molecule has 0 radical (unpaired) electrons. The Labute approximate surface area is 188 Å². The molecular formula is C25H29N5O2. The number of piperidine rings is 1. The van der Waals surface area contributed by atoms with Crippen molar-refractivity contribution >= 4 is 17.4 Å². The summed E-state index contributed by atoms with van der Waals surface area (Å²) in [6, 6.07) is 12.0. The maximum absolute atomic E-state index is 12.7. The van der Waals surface area contributed by atoms with Crippen molar-refractivity contribution < 1.29 is 9.53 Å². The predicted octanol–water partition coefficient (Wildman–Crippen LogP) is 4.27. The van der Waals surface area contributed by atoms with E-state index in [-0.39, 0.29) is 5.91 Å². The molecule has 1 aliphatic heterocycles. The molecule has 3 heterocycles. The number of amides is 1. The molecule has 0 aliphatic carbocycles. The highest BCUT2D eigenvalue weighted by Crippen LogP contribution is 2.29. The van der Waals surface area contributed by atoms with Crippen molar-refractivity contribution in [3.05, 3.63) is 71.9 Å². The molecule has 1 aromatic carbocycles. The minimum absolute atomic E-state index is 0.224. The fraction of sp³-hybridized carbons (Fsp3) is 0.360. The average molecular weight is 432 g/mol. The van der Waals surface area contributed by atoms with Gasteiger partial charge in [0.25, 0.3) is 0 Å². The second kappa shape index (κ2) is 10.2. The molecule has 32 heavy (non-hydrogen) atoms. The number of nitrogens with zero attached hydrogens (tertiary/aromatic N) is 4. The van der Waals surface area contributed by atoms with Crippen LogP contribution in [0.3, 0.4) is 0 Å². The van der Waals surface area contributed by atoms with Gasteiger partial charge < -0.3 is 15.0 Å². The monoisotopic (exact) mass is 431 g/mol. The first-order valence-corrected chi connectivity index (χ1v) is 11.0. The number of carbonyl (C=O) groups is 1. The summed E-state index contributed by atoms with van der Waals surface area (Å²) in [4.78, 5) is 27.9. The van der Waals surface area contributed by atoms with E-state index in [1.807, 2.05) is 42.2 Å². The summed E-state index contributed by atoms with van der Waals surface area (Å²) in [6.45, 7) is 3.55. The molecule has 1 saturated heterocycles. The maximum atomic E-state index is 12.7. The summed E-state index contributed by atoms with van der Waals surface area (Å²) >= 11 is 0. The first kappa shape index (κ1) is 21.7. The van der Waals surface area contributed by atoms with E-state index >= 15 is 0 Å². The Bertz CT molecular complexity index is 1030. The fourth-order valence-corrected chi connectivity index (χ4v) is 4.11. The number of ether oxygens (including phenoxy) is 1. The number of anilines is 2. The summed E-state index contributed by atoms with van der Waals surface area (Å²) in [7, 11) is 1.66. The van der Waals surface area contributed by atoms with E-state index in [0.29, 0.717) is 18.2 Å². The van der Waals surface area contributed by atoms with Gasteiger partial charge in [0.2, 0.25) is 5.91 Å². The summed E-state index contributed by atoms with van der Waals surface area (Å²) in [5.74, 6) is 2.12. The number of hydrogen-bond donors (Lipinski definition) is 1. The minimum Gasteiger partial charge on any atom is -0.497 e. The number of carbonyl (C=O) groups excluding carboxylic acids is 1. The number of methoxy groups -OCH3 is 1. The molecule has 7 nitrogen and oxygen atoms in total. The van der Waals surface area contributed by atoms with Crippen LogP contribution in [0.2, 0.25) is 0 Å². The number of benzene rings is 1. The van der Waals surface area contributed by atoms with Gasteiger partial charge in [0.1, 0.15) is 11.6 Å². The molecule has 1 fully saturated rings. The van der Waals surface area contributed by atoms with E-state index < -0.39 is 0 Å². The molecule has 1 N–H and O–H groups in total. The minimum atomic E-state index is 0.224. The van der Waals surface area contributed by atoms with E-state index in [4.69, 9.17) is 9.72 Å². The normalized spacial score (nSPS) is 14.2. The third-order valence-corrected chi connectivity index (χ3v) is 5.86. The van der Waals surface area contributed by atoms with Gasteiger partial charge in [-0.05, 0) is 56.0 Å². The third-order valence-electron chi connectivity index (χ3n) is 5.86. The Morgan fingerprint density at radius 3 is 2.62 bits per heavy atom. The maximum Gasteiger partial charge on any atom is 0.222 e. The number of nitrogens with one attached hydrogen (secondary N) is 1. The molecule has 3 aromatic rings. The van der Waals surface area contributed by atoms with E-state index in [0.717, 1.165) is 60.7 Å². The SMILES string of the molecule is COc1ccc(CCC(=O)N2CCC(c3cc(Nc4cnccn4)cc(C)n3)CC2)cc1. The highest BCUT2D eigenvalue weighted by Gasteiger charge is 2.25. The van der Waals surface area contributed by atoms with Crippen molar-refractivity contribution in [1.82, 2.24) is 19.9 Å². The Kier molecular flexibility index (Phi) is 6.94. The lowest BCUT2D eigenvalue weighted by Gasteiger charge is -2.32. The van der Waals surface area contributed by atoms with Gasteiger partial charge in [0.15, 0.2) is 0 Å². The molecule has 0 atom stereocenters. The molecule has 0 spiro atoms. The van der Waals surface area contributed by atoms with Crippen LogP contribution < -0.4 is 10.1 Å². The van der Waals surface area contributed by atoms with Crippen molar-refractivity contribution in [3.63, 3.8) is 0 Å². The standard InChI is InChI=1S/C25H29N5O2/c1-18-15-21(29-24-17-26-11-12-27-24)16-23(28-18)20-9-13-30(14-10-20)25(31)8-5-19-3-6-22(32-2)7-4-19/h3-4,6-7,11-12,15-17,20H,5,8-10,13-14H2,1-2H3,(H,27,28,29). The van der Waals surface area contributed by atoms with E-state index in [1.165, 1.54) is 0 Å². The van der Waals surface area contributed by atoms with Crippen LogP contribution in [-0.2, 0) is 11.2 Å². The molecule has 1 amide bonds. The molecule has 0 bridgehead atoms. The zero-order valence-corrected chi connectivity index (χ0v) is 18.6. The predicted molar refractivity (Wildman–Crippen MR) is 124 cm³/mol. The Morgan fingerprint density at radius 2 is 1.94 bits per heavy atom. The molecular weight excluding hydrogens is 402 g/mol. The van der Waals surface area contributed by atoms with Crippen molar-refractivity contribution in [2.75, 3.05) is 25.5 Å². The summed E-state index contributed by atoms with van der Waals surface area (Å²) in [5.41, 5.74) is 4.15. The van der Waals surface area contributed by atoms with Gasteiger partial charge in [-0.2, -0.15) is 0 Å². The van der Waals surface area contributed by atoms with Crippen LogP contribution >= 0.6 is 0 Å². The molecule has 166 valence electrons. The fourth-order valence-electron chi connectivity index (χ4n) is 4.11. The number of likely N-dealkylation sites (tertiary alicyclic amines) is 1. The molecule has 2 aromatic heterocycles. The largest absolute Gasteiger partial charge is 0.497 e. The Hall–Kier alpha value is -3.48. The first-order valence-electron chi connectivity index (χ1n) is 11.0. The van der Waals surface area contributed by atoms with Crippen LogP contribution in [0.5, 0.6) is 5.75 Å². The summed E-state index contributed by atoms with van der Waals surface area (Å²) in [6.07, 6.45) is 8.15. The van der Waals surface area contributed by atoms with Crippen LogP contribution in [0.4, 0.5) is 11.5 Å². The number of hydrogen-bond acceptors (Lipinski definition) is 6. The second-order valence-corrected chi connectivity index (χ2v) is 8.14. The number of aromatic nitrogens is 3. The zero-order chi connectivity index (χ0) is 22.3. The summed E-state index contributed by atoms with van der Waals surface area (Å²) < 4.78 is 5.19. The molecule has 0 unspecified atom stereocenters. The van der Waals surface area contributed by atoms with Crippen LogP contribution in [0.15, 0.2) is 55.0 Å². The number of pyridine rings is 1. The van der Waals surface area contributed by atoms with E-state index in [9.17, 15) is 4.79 Å². The van der Waals surface area contributed by atoms with Crippen molar-refractivity contribution in [3.8, 4) is 5.75 Å². The molecule has 1 aliphatic rings. The van der Waals surface area contributed by atoms with Crippen LogP contribution in [0.25, 0.3) is 0 Å². The van der Waals surface area contributed by atoms with Gasteiger partial charge in [-0.1, -0.05) is 12.1 Å². The first-order chi connectivity index (χ1) is 15.6. The van der Waals surface area contributed by atoms with Gasteiger partial charge >= 0.3 is 0 Å². The second-order valence-electron chi connectivity index (χ2n) is 8.14. The highest BCUT2D eigenvalue weighted by atomic mass is 16.5. The van der Waals surface area contributed by atoms with E-state index in [1.54, 1.807) is 25.7 Å². The van der Waals surface area contributed by atoms with Crippen molar-refractivity contribution in [2.45, 2.75) is 38.5 Å². The third kappa shape index (κ3) is 5.60. The smallest absolute Gasteiger partial charge is 0.222 e. The summed E-state index contributed by atoms with van der Waals surface area (Å²) in [5, 5.41) is 3.30. The topological polar surface area (TPSA) is 80.2 Å². The van der Waals surface area contributed by atoms with E-state index in [2.05, 4.69) is 21.4 Å². The van der Waals surface area contributed by atoms with Crippen LogP contribution in [0.1, 0.15) is 42.1 Å². The lowest BCUT2D eigenvalue weighted by molar-refractivity contribution is -0.132. The number of rotatable bonds is 7. The van der Waals surface area contributed by atoms with Gasteiger partial charge in [-0.25, -0.2) is 4.98 Å². The van der Waals surface area contributed by atoms with Gasteiger partial charge in [-0.15, -0.1) is 0 Å². The van der Waals surface area contributed by atoms with Crippen LogP contribution in [-0.4, -0.2) is 46.0 Å². The van der Waals surface area contributed by atoms with Crippen molar-refractivity contribution in [2.24, 2.45) is 0 Å². The lowest BCUT2D eigenvalue weighted by atomic mass is 9.92. The van der Waals surface area contributed by atoms with Crippen LogP contribution in [0, 0.1) is 6.92 Å². The number of aryl methyl sites for hydroxylation is 2. The Morgan fingerprint density at radius 1 is 1.16 bits per heavy atom. The molecule has 0 saturated carbocycles. The average Bonchev–Trinajstić information content (AvgIpc) is 2.83. The Balaban J connectivity index is 1.31. The van der Waals surface area contributed by atoms with Gasteiger partial charge in [-0.3, -0.25) is 14.8 Å². The lowest BCUT2D eigenvalue weighted by Crippen LogP contribution is -2.38. The van der Waals surface area contributed by atoms with Gasteiger partial charge in [0.05, 0.1) is 13.3 Å². The van der Waals surface area contributed by atoms with Crippen molar-refractivity contribution in [1.29, 1.82) is 0 Å². The quantitative estimate of drug-likeness (QED) is 0.602.